The number of ether oxygens (including phenoxy) is 2. The average Bonchev–Trinajstić information content (AvgIpc) is 3.74. The number of carbonyl (C=O) groups is 2. The van der Waals surface area contributed by atoms with Crippen LogP contribution in [0.4, 0.5) is 0 Å². The fourth-order valence-corrected chi connectivity index (χ4v) is 11.3. The van der Waals surface area contributed by atoms with Crippen molar-refractivity contribution >= 4 is 43.2 Å². The van der Waals surface area contributed by atoms with E-state index in [2.05, 4.69) is 66.2 Å². The molecule has 0 amide bonds. The molecule has 0 aromatic heterocycles. The highest BCUT2D eigenvalue weighted by atomic mass is 31.3. The van der Waals surface area contributed by atoms with Crippen molar-refractivity contribution in [3.8, 4) is 22.3 Å². The highest BCUT2D eigenvalue weighted by Crippen LogP contribution is 2.66. The van der Waals surface area contributed by atoms with Gasteiger partial charge in [0, 0.05) is 24.7 Å². The molecule has 4 aromatic rings. The average molecular weight is 997 g/mol. The molecular formula is C44H56O18P4. The van der Waals surface area contributed by atoms with Crippen LogP contribution in [0.5, 0.6) is 0 Å². The second kappa shape index (κ2) is 25.1. The fourth-order valence-electron chi connectivity index (χ4n) is 7.85. The Hall–Kier alpha value is -3.66. The molecule has 2 atom stereocenters. The molecule has 2 aliphatic rings. The normalized spacial score (nSPS) is 15.0. The molecule has 360 valence electrons. The van der Waals surface area contributed by atoms with Gasteiger partial charge in [0.25, 0.3) is 0 Å². The first-order chi connectivity index (χ1) is 31.3. The SMILES string of the molecule is O=C(CCCCCCCOP(=O)(O)O)OCC1c2ccccc2-c2ccccc21.O=C(CCCCCCCOP(=O)(O)OP(=O)(O)OP(=O)(O)O)OCC1c2ccccc2-c2ccccc21. The molecule has 22 heteroatoms. The Kier molecular flexibility index (Phi) is 20.3. The third-order valence-corrected chi connectivity index (χ3v) is 15.1. The van der Waals surface area contributed by atoms with Gasteiger partial charge in [-0.05, 0) is 70.2 Å². The number of hydrogen-bond donors (Lipinski definition) is 6. The quantitative estimate of drug-likeness (QED) is 0.0194. The number of unbranched alkanes of at least 4 members (excludes halogenated alkanes) is 8. The second-order valence-electron chi connectivity index (χ2n) is 15.6. The smallest absolute Gasteiger partial charge is 0.465 e. The monoisotopic (exact) mass is 996 g/mol. The lowest BCUT2D eigenvalue weighted by molar-refractivity contribution is -0.145. The number of carbonyl (C=O) groups excluding carboxylic acids is 2. The first-order valence-corrected chi connectivity index (χ1v) is 27.5. The van der Waals surface area contributed by atoms with Crippen molar-refractivity contribution in [3.63, 3.8) is 0 Å². The lowest BCUT2D eigenvalue weighted by atomic mass is 9.98. The van der Waals surface area contributed by atoms with Crippen molar-refractivity contribution in [1.29, 1.82) is 0 Å². The summed E-state index contributed by atoms with van der Waals surface area (Å²) >= 11 is 0. The van der Waals surface area contributed by atoms with Crippen LogP contribution in [-0.4, -0.2) is 67.7 Å². The Morgan fingerprint density at radius 1 is 0.409 bits per heavy atom. The van der Waals surface area contributed by atoms with Crippen molar-refractivity contribution in [2.45, 2.75) is 88.9 Å². The summed E-state index contributed by atoms with van der Waals surface area (Å²) in [5.74, 6) is -0.377. The minimum absolute atomic E-state index is 0.00548. The summed E-state index contributed by atoms with van der Waals surface area (Å²) in [7, 11) is -20.4. The molecule has 66 heavy (non-hydrogen) atoms. The molecule has 6 N–H and O–H groups in total. The van der Waals surface area contributed by atoms with Crippen LogP contribution >= 0.6 is 31.3 Å². The maximum absolute atomic E-state index is 12.3. The number of phosphoric ester groups is 2. The molecule has 0 heterocycles. The van der Waals surface area contributed by atoms with E-state index in [0.29, 0.717) is 51.6 Å². The third kappa shape index (κ3) is 17.5. The standard InChI is InChI=1S/C22H29O12P3.C22H27O6P/c23-22(31-16-21-19-12-7-5-10-17(19)18-11-6-8-13-20(18)21)14-4-2-1-3-9-15-32-36(27,28)34-37(29,30)33-35(24,25)26;23-22(14-4-2-1-3-9-15-28-29(24,25)26)27-16-21-19-12-7-5-10-17(19)18-11-6-8-13-20(18)21/h5-8,10-13,21H,1-4,9,14-16H2,(H,27,28)(H,29,30)(H2,24,25,26);5-8,10-13,21H,1-4,9,14-16H2,(H2,24,25,26). The summed E-state index contributed by atoms with van der Waals surface area (Å²) in [6.07, 6.45) is 7.43. The van der Waals surface area contributed by atoms with Gasteiger partial charge in [-0.2, -0.15) is 8.62 Å². The van der Waals surface area contributed by atoms with Crippen LogP contribution in [0, 0.1) is 0 Å². The second-order valence-corrected chi connectivity index (χ2v) is 21.3. The molecule has 0 aliphatic heterocycles. The zero-order valence-corrected chi connectivity index (χ0v) is 39.7. The van der Waals surface area contributed by atoms with Gasteiger partial charge >= 0.3 is 43.2 Å². The number of benzene rings is 4. The molecule has 0 radical (unpaired) electrons. The van der Waals surface area contributed by atoms with E-state index >= 15 is 0 Å². The van der Waals surface area contributed by atoms with E-state index in [1.807, 2.05) is 48.5 Å². The summed E-state index contributed by atoms with van der Waals surface area (Å²) in [6.45, 7) is 0.368. The maximum Gasteiger partial charge on any atom is 0.490 e. The van der Waals surface area contributed by atoms with Crippen molar-refractivity contribution in [2.75, 3.05) is 26.4 Å². The van der Waals surface area contributed by atoms with E-state index in [9.17, 15) is 32.7 Å². The van der Waals surface area contributed by atoms with Crippen LogP contribution in [0.3, 0.4) is 0 Å². The summed E-state index contributed by atoms with van der Waals surface area (Å²) < 4.78 is 71.3. The lowest BCUT2D eigenvalue weighted by Gasteiger charge is -2.16. The van der Waals surface area contributed by atoms with Crippen LogP contribution in [0.25, 0.3) is 22.3 Å². The predicted molar refractivity (Wildman–Crippen MR) is 243 cm³/mol. The van der Waals surface area contributed by atoms with Crippen molar-refractivity contribution in [2.24, 2.45) is 0 Å². The first-order valence-electron chi connectivity index (χ1n) is 21.5. The van der Waals surface area contributed by atoms with Gasteiger partial charge in [0.2, 0.25) is 0 Å². The minimum Gasteiger partial charge on any atom is -0.465 e. The Balaban J connectivity index is 0.000000255. The highest BCUT2D eigenvalue weighted by molar-refractivity contribution is 7.66. The Morgan fingerprint density at radius 3 is 1.11 bits per heavy atom. The van der Waals surface area contributed by atoms with E-state index in [0.717, 1.165) is 47.9 Å². The van der Waals surface area contributed by atoms with Gasteiger partial charge in [0.1, 0.15) is 13.2 Å². The van der Waals surface area contributed by atoms with E-state index < -0.39 is 31.3 Å². The van der Waals surface area contributed by atoms with Crippen LogP contribution in [0.1, 0.15) is 111 Å². The molecule has 0 fully saturated rings. The molecule has 4 aromatic carbocycles. The van der Waals surface area contributed by atoms with Crippen LogP contribution in [0.15, 0.2) is 97.1 Å². The number of phosphoric acid groups is 4. The Labute approximate surface area is 383 Å². The molecule has 0 saturated heterocycles. The molecule has 0 bridgehead atoms. The predicted octanol–water partition coefficient (Wildman–Crippen LogP) is 9.82. The van der Waals surface area contributed by atoms with Crippen LogP contribution in [0.2, 0.25) is 0 Å². The zero-order valence-electron chi connectivity index (χ0n) is 36.1. The molecule has 6 rings (SSSR count). The van der Waals surface area contributed by atoms with E-state index in [4.69, 9.17) is 33.9 Å². The van der Waals surface area contributed by atoms with E-state index in [-0.39, 0.29) is 50.0 Å². The first kappa shape index (κ1) is 53.3. The van der Waals surface area contributed by atoms with Gasteiger partial charge in [-0.25, -0.2) is 18.3 Å². The Morgan fingerprint density at radius 2 is 0.742 bits per heavy atom. The molecule has 18 nitrogen and oxygen atoms in total. The summed E-state index contributed by atoms with van der Waals surface area (Å²) in [6, 6.07) is 32.7. The molecule has 2 aliphatic carbocycles. The molecule has 0 spiro atoms. The van der Waals surface area contributed by atoms with Crippen molar-refractivity contribution < 1.29 is 84.4 Å². The van der Waals surface area contributed by atoms with Crippen molar-refractivity contribution in [1.82, 2.24) is 0 Å². The summed E-state index contributed by atoms with van der Waals surface area (Å²) in [5, 5.41) is 0. The molecular weight excluding hydrogens is 940 g/mol. The van der Waals surface area contributed by atoms with Gasteiger partial charge in [0.05, 0.1) is 13.2 Å². The zero-order chi connectivity index (χ0) is 47.8. The fraction of sp³-hybridized carbons (Fsp3) is 0.409. The minimum atomic E-state index is -5.51. The molecule has 0 saturated carbocycles. The van der Waals surface area contributed by atoms with Crippen LogP contribution in [-0.2, 0) is 55.0 Å². The number of hydrogen-bond acceptors (Lipinski definition) is 12. The van der Waals surface area contributed by atoms with Gasteiger partial charge in [-0.15, -0.1) is 0 Å². The highest BCUT2D eigenvalue weighted by Gasteiger charge is 2.40. The van der Waals surface area contributed by atoms with Gasteiger partial charge in [0.15, 0.2) is 0 Å². The van der Waals surface area contributed by atoms with Gasteiger partial charge < -0.3 is 38.8 Å². The third-order valence-electron chi connectivity index (χ3n) is 10.7. The Bertz CT molecular complexity index is 2340. The van der Waals surface area contributed by atoms with E-state index in [1.165, 1.54) is 22.3 Å². The summed E-state index contributed by atoms with van der Waals surface area (Å²) in [5.41, 5.74) is 9.45. The van der Waals surface area contributed by atoms with E-state index in [1.54, 1.807) is 0 Å². The van der Waals surface area contributed by atoms with Crippen LogP contribution < -0.4 is 0 Å². The van der Waals surface area contributed by atoms with Crippen molar-refractivity contribution in [3.05, 3.63) is 119 Å². The van der Waals surface area contributed by atoms with Gasteiger partial charge in [-0.3, -0.25) is 18.6 Å². The lowest BCUT2D eigenvalue weighted by Crippen LogP contribution is -2.12. The largest absolute Gasteiger partial charge is 0.490 e. The van der Waals surface area contributed by atoms with Gasteiger partial charge in [-0.1, -0.05) is 136 Å². The topological polar surface area (TPSA) is 279 Å². The summed E-state index contributed by atoms with van der Waals surface area (Å²) in [4.78, 5) is 77.0. The number of rotatable bonds is 26. The molecule has 2 unspecified atom stereocenters. The number of esters is 2. The maximum atomic E-state index is 12.3. The number of fused-ring (bicyclic) bond motifs is 6.